The van der Waals surface area contributed by atoms with Crippen LogP contribution in [-0.2, 0) is 14.4 Å². The fourth-order valence-corrected chi connectivity index (χ4v) is 4.35. The third kappa shape index (κ3) is 3.65. The maximum atomic E-state index is 13.0. The van der Waals surface area contributed by atoms with Crippen molar-refractivity contribution in [1.82, 2.24) is 0 Å². The van der Waals surface area contributed by atoms with E-state index in [1.807, 2.05) is 6.92 Å². The van der Waals surface area contributed by atoms with Gasteiger partial charge in [0.2, 0.25) is 11.8 Å². The van der Waals surface area contributed by atoms with E-state index >= 15 is 0 Å². The van der Waals surface area contributed by atoms with Gasteiger partial charge in [-0.1, -0.05) is 12.1 Å². The Labute approximate surface area is 192 Å². The van der Waals surface area contributed by atoms with E-state index in [9.17, 15) is 19.2 Å². The van der Waals surface area contributed by atoms with Gasteiger partial charge in [-0.3, -0.25) is 19.2 Å². The highest BCUT2D eigenvalue weighted by Crippen LogP contribution is 2.40. The van der Waals surface area contributed by atoms with Gasteiger partial charge in [0.1, 0.15) is 11.2 Å². The van der Waals surface area contributed by atoms with Gasteiger partial charge >= 0.3 is 0 Å². The molecule has 0 aliphatic carbocycles. The second-order valence-corrected chi connectivity index (χ2v) is 8.69. The lowest BCUT2D eigenvalue weighted by atomic mass is 9.90. The molecular formula is C25H27N3O5. The number of fused-ring (bicyclic) bond motifs is 2. The average Bonchev–Trinajstić information content (AvgIpc) is 3.03. The molecular weight excluding hydrogens is 422 g/mol. The zero-order valence-electron chi connectivity index (χ0n) is 19.3. The molecule has 172 valence electrons. The van der Waals surface area contributed by atoms with Gasteiger partial charge in [0.15, 0.2) is 0 Å². The van der Waals surface area contributed by atoms with Gasteiger partial charge in [0.05, 0.1) is 29.2 Å². The highest BCUT2D eigenvalue weighted by atomic mass is 16.5. The van der Waals surface area contributed by atoms with Crippen molar-refractivity contribution in [3.05, 3.63) is 48.0 Å². The van der Waals surface area contributed by atoms with Crippen molar-refractivity contribution in [2.45, 2.75) is 27.2 Å². The number of para-hydroxylation sites is 1. The molecule has 2 heterocycles. The van der Waals surface area contributed by atoms with E-state index in [-0.39, 0.29) is 11.8 Å². The van der Waals surface area contributed by atoms with Gasteiger partial charge in [-0.15, -0.1) is 0 Å². The molecule has 4 rings (SSSR count). The molecule has 0 saturated carbocycles. The number of amides is 3. The minimum atomic E-state index is -1.17. The maximum absolute atomic E-state index is 13.0. The first-order chi connectivity index (χ1) is 15.7. The zero-order valence-corrected chi connectivity index (χ0v) is 19.3. The SMILES string of the molecule is CCN1C(=O)C(C)(C)C(=O)N(C)c2cc(OCCCN3C(=O)C(=O)c4ccccc43)ccc21. The summed E-state index contributed by atoms with van der Waals surface area (Å²) in [5.74, 6) is -0.964. The van der Waals surface area contributed by atoms with Crippen molar-refractivity contribution in [2.24, 2.45) is 5.41 Å². The summed E-state index contributed by atoms with van der Waals surface area (Å²) in [5.41, 5.74) is 1.16. The maximum Gasteiger partial charge on any atom is 0.299 e. The molecule has 0 fully saturated rings. The van der Waals surface area contributed by atoms with Crippen LogP contribution in [0, 0.1) is 5.41 Å². The summed E-state index contributed by atoms with van der Waals surface area (Å²) in [6.07, 6.45) is 0.520. The Morgan fingerprint density at radius 2 is 1.61 bits per heavy atom. The number of nitrogens with zero attached hydrogens (tertiary/aromatic N) is 3. The Balaban J connectivity index is 1.47. The molecule has 8 heteroatoms. The Morgan fingerprint density at radius 3 is 2.33 bits per heavy atom. The standard InChI is InChI=1S/C25H27N3O5/c1-5-27-19-12-11-16(15-20(19)26(4)23(31)25(2,3)24(27)32)33-14-8-13-28-18-10-7-6-9-17(18)21(29)22(28)30/h6-7,9-12,15H,5,8,13-14H2,1-4H3. The minimum Gasteiger partial charge on any atom is -0.493 e. The van der Waals surface area contributed by atoms with Crippen molar-refractivity contribution in [1.29, 1.82) is 0 Å². The molecule has 2 aliphatic rings. The number of hydrogen-bond donors (Lipinski definition) is 0. The first-order valence-electron chi connectivity index (χ1n) is 11.0. The Morgan fingerprint density at radius 1 is 0.879 bits per heavy atom. The summed E-state index contributed by atoms with van der Waals surface area (Å²) >= 11 is 0. The van der Waals surface area contributed by atoms with Crippen LogP contribution in [0.1, 0.15) is 37.6 Å². The molecule has 2 aromatic carbocycles. The Bertz CT molecular complexity index is 1160. The van der Waals surface area contributed by atoms with Crippen LogP contribution in [0.25, 0.3) is 0 Å². The van der Waals surface area contributed by atoms with Crippen molar-refractivity contribution in [2.75, 3.05) is 41.4 Å². The number of ether oxygens (including phenoxy) is 1. The predicted octanol–water partition coefficient (Wildman–Crippen LogP) is 3.04. The molecule has 0 atom stereocenters. The van der Waals surface area contributed by atoms with Crippen LogP contribution >= 0.6 is 0 Å². The summed E-state index contributed by atoms with van der Waals surface area (Å²) in [7, 11) is 1.66. The molecule has 0 bridgehead atoms. The lowest BCUT2D eigenvalue weighted by Gasteiger charge is -2.27. The Kier molecular flexibility index (Phi) is 5.69. The highest BCUT2D eigenvalue weighted by Gasteiger charge is 2.45. The topological polar surface area (TPSA) is 87.2 Å². The van der Waals surface area contributed by atoms with Crippen molar-refractivity contribution in [3.8, 4) is 5.75 Å². The number of Topliss-reactive ketones (excluding diaryl/α,β-unsaturated/α-hetero) is 1. The number of carbonyl (C=O) groups is 4. The van der Waals surface area contributed by atoms with Crippen molar-refractivity contribution in [3.63, 3.8) is 0 Å². The van der Waals surface area contributed by atoms with Gasteiger partial charge in [-0.05, 0) is 51.5 Å². The van der Waals surface area contributed by atoms with Gasteiger partial charge < -0.3 is 19.4 Å². The monoisotopic (exact) mass is 449 g/mol. The second-order valence-electron chi connectivity index (χ2n) is 8.69. The molecule has 0 aromatic heterocycles. The third-order valence-electron chi connectivity index (χ3n) is 6.21. The summed E-state index contributed by atoms with van der Waals surface area (Å²) in [6, 6.07) is 12.3. The van der Waals surface area contributed by atoms with E-state index in [4.69, 9.17) is 4.74 Å². The number of anilines is 3. The van der Waals surface area contributed by atoms with Crippen molar-refractivity contribution >= 4 is 40.6 Å². The summed E-state index contributed by atoms with van der Waals surface area (Å²) in [4.78, 5) is 54.9. The van der Waals surface area contributed by atoms with Crippen LogP contribution in [0.5, 0.6) is 5.75 Å². The first-order valence-corrected chi connectivity index (χ1v) is 11.0. The molecule has 2 aromatic rings. The Hall–Kier alpha value is -3.68. The number of benzene rings is 2. The van der Waals surface area contributed by atoms with Crippen LogP contribution < -0.4 is 19.4 Å². The normalized spacial score (nSPS) is 17.3. The van der Waals surface area contributed by atoms with E-state index in [2.05, 4.69) is 0 Å². The third-order valence-corrected chi connectivity index (χ3v) is 6.21. The van der Waals surface area contributed by atoms with Gasteiger partial charge in [0, 0.05) is 26.2 Å². The quantitative estimate of drug-likeness (QED) is 0.384. The van der Waals surface area contributed by atoms with Gasteiger partial charge in [0.25, 0.3) is 11.7 Å². The van der Waals surface area contributed by atoms with E-state index in [0.29, 0.717) is 54.5 Å². The molecule has 0 radical (unpaired) electrons. The van der Waals surface area contributed by atoms with Crippen LogP contribution in [0.4, 0.5) is 17.1 Å². The molecule has 0 spiro atoms. The zero-order chi connectivity index (χ0) is 23.9. The second kappa shape index (κ2) is 8.35. The van der Waals surface area contributed by atoms with Crippen LogP contribution in [-0.4, -0.2) is 50.2 Å². The van der Waals surface area contributed by atoms with Gasteiger partial charge in [-0.2, -0.15) is 0 Å². The van der Waals surface area contributed by atoms with E-state index < -0.39 is 17.1 Å². The van der Waals surface area contributed by atoms with Crippen LogP contribution in [0.3, 0.4) is 0 Å². The molecule has 0 unspecified atom stereocenters. The smallest absolute Gasteiger partial charge is 0.299 e. The number of carbonyl (C=O) groups excluding carboxylic acids is 4. The van der Waals surface area contributed by atoms with Gasteiger partial charge in [-0.25, -0.2) is 0 Å². The number of hydrogen-bond acceptors (Lipinski definition) is 5. The minimum absolute atomic E-state index is 0.237. The lowest BCUT2D eigenvalue weighted by molar-refractivity contribution is -0.137. The largest absolute Gasteiger partial charge is 0.493 e. The van der Waals surface area contributed by atoms with E-state index in [1.54, 1.807) is 68.3 Å². The molecule has 3 amide bonds. The summed E-state index contributed by atoms with van der Waals surface area (Å²) in [5, 5.41) is 0. The van der Waals surface area contributed by atoms with E-state index in [1.165, 1.54) is 9.80 Å². The molecule has 8 nitrogen and oxygen atoms in total. The fraction of sp³-hybridized carbons (Fsp3) is 0.360. The fourth-order valence-electron chi connectivity index (χ4n) is 4.35. The molecule has 0 saturated heterocycles. The molecule has 2 aliphatic heterocycles. The average molecular weight is 450 g/mol. The molecule has 0 N–H and O–H groups in total. The van der Waals surface area contributed by atoms with E-state index in [0.717, 1.165) is 0 Å². The first kappa shape index (κ1) is 22.5. The lowest BCUT2D eigenvalue weighted by Crippen LogP contribution is -2.47. The number of rotatable bonds is 6. The van der Waals surface area contributed by atoms with Crippen LogP contribution in [0.2, 0.25) is 0 Å². The van der Waals surface area contributed by atoms with Crippen molar-refractivity contribution < 1.29 is 23.9 Å². The summed E-state index contributed by atoms with van der Waals surface area (Å²) in [6.45, 7) is 6.28. The summed E-state index contributed by atoms with van der Waals surface area (Å²) < 4.78 is 5.89. The molecule has 33 heavy (non-hydrogen) atoms. The van der Waals surface area contributed by atoms with Crippen LogP contribution in [0.15, 0.2) is 42.5 Å². The predicted molar refractivity (Wildman–Crippen MR) is 125 cm³/mol. The number of ketones is 1. The highest BCUT2D eigenvalue weighted by molar-refractivity contribution is 6.52.